The minimum Gasteiger partial charge on any atom is -0.329 e. The smallest absolute Gasteiger partial charge is 0.274 e. The molecule has 1 amide bonds. The summed E-state index contributed by atoms with van der Waals surface area (Å²) in [4.78, 5) is 34.1. The third-order valence-corrected chi connectivity index (χ3v) is 3.90. The molecule has 6 nitrogen and oxygen atoms in total. The molecule has 1 heterocycles. The molecule has 0 bridgehead atoms. The van der Waals surface area contributed by atoms with Gasteiger partial charge in [-0.15, -0.1) is 0 Å². The van der Waals surface area contributed by atoms with Crippen LogP contribution in [-0.4, -0.2) is 28.7 Å². The van der Waals surface area contributed by atoms with Gasteiger partial charge in [0.15, 0.2) is 5.78 Å². The summed E-state index contributed by atoms with van der Waals surface area (Å²) in [6.45, 7) is 1.48. The molecular weight excluding hydrogens is 328 g/mol. The molecule has 1 aromatic heterocycles. The number of nitrogens with zero attached hydrogens (tertiary/aromatic N) is 3. The highest BCUT2D eigenvalue weighted by atomic mass is 16.2. The van der Waals surface area contributed by atoms with Crippen molar-refractivity contribution >= 4 is 28.9 Å². The summed E-state index contributed by atoms with van der Waals surface area (Å²) in [6.07, 6.45) is 1.36. The van der Waals surface area contributed by atoms with Gasteiger partial charge in [0.25, 0.3) is 5.91 Å². The van der Waals surface area contributed by atoms with Gasteiger partial charge in [0.1, 0.15) is 17.8 Å². The van der Waals surface area contributed by atoms with Crippen molar-refractivity contribution in [2.45, 2.75) is 6.92 Å². The fraction of sp³-hybridized carbons (Fsp3) is 0.100. The summed E-state index contributed by atoms with van der Waals surface area (Å²) in [5, 5.41) is 2.76. The van der Waals surface area contributed by atoms with Crippen LogP contribution in [0.5, 0.6) is 0 Å². The molecule has 3 aromatic rings. The average molecular weight is 346 g/mol. The van der Waals surface area contributed by atoms with E-state index >= 15 is 0 Å². The molecule has 2 aromatic carbocycles. The van der Waals surface area contributed by atoms with Crippen LogP contribution >= 0.6 is 0 Å². The molecule has 0 saturated heterocycles. The zero-order valence-electron chi connectivity index (χ0n) is 14.5. The van der Waals surface area contributed by atoms with Crippen molar-refractivity contribution < 1.29 is 9.59 Å². The molecule has 0 aliphatic heterocycles. The molecule has 0 unspecified atom stereocenters. The van der Waals surface area contributed by atoms with Gasteiger partial charge in [-0.1, -0.05) is 30.3 Å². The number of Topliss-reactive ketones (excluding diaryl/α,β-unsaturated/α-hetero) is 1. The van der Waals surface area contributed by atoms with Gasteiger partial charge in [0, 0.05) is 30.1 Å². The molecular formula is C20H18N4O2. The topological polar surface area (TPSA) is 75.2 Å². The number of carbonyl (C=O) groups excluding carboxylic acids is 2. The number of para-hydroxylation sites is 1. The van der Waals surface area contributed by atoms with Crippen molar-refractivity contribution in [2.75, 3.05) is 17.3 Å². The Balaban J connectivity index is 1.80. The second kappa shape index (κ2) is 7.57. The molecule has 26 heavy (non-hydrogen) atoms. The molecule has 0 spiro atoms. The highest BCUT2D eigenvalue weighted by molar-refractivity contribution is 6.04. The first kappa shape index (κ1) is 17.3. The van der Waals surface area contributed by atoms with Gasteiger partial charge in [-0.05, 0) is 31.2 Å². The summed E-state index contributed by atoms with van der Waals surface area (Å²) >= 11 is 0. The van der Waals surface area contributed by atoms with Gasteiger partial charge in [-0.25, -0.2) is 9.97 Å². The Bertz CT molecular complexity index is 941. The monoisotopic (exact) mass is 346 g/mol. The molecule has 3 rings (SSSR count). The third kappa shape index (κ3) is 3.92. The number of anilines is 3. The van der Waals surface area contributed by atoms with Gasteiger partial charge < -0.3 is 10.2 Å². The van der Waals surface area contributed by atoms with E-state index in [1.54, 1.807) is 30.3 Å². The minimum absolute atomic E-state index is 0.0603. The SMILES string of the molecule is CC(=O)c1cccc(NC(=O)c2cc(N(C)c3ccccc3)ncn2)c1. The number of benzene rings is 2. The van der Waals surface area contributed by atoms with Crippen LogP contribution in [-0.2, 0) is 0 Å². The Morgan fingerprint density at radius 2 is 1.73 bits per heavy atom. The third-order valence-electron chi connectivity index (χ3n) is 3.90. The molecule has 0 saturated carbocycles. The maximum absolute atomic E-state index is 12.5. The molecule has 1 N–H and O–H groups in total. The number of hydrogen-bond donors (Lipinski definition) is 1. The molecule has 0 radical (unpaired) electrons. The Kier molecular flexibility index (Phi) is 5.03. The summed E-state index contributed by atoms with van der Waals surface area (Å²) in [5.74, 6) is 0.180. The lowest BCUT2D eigenvalue weighted by atomic mass is 10.1. The molecule has 0 fully saturated rings. The van der Waals surface area contributed by atoms with Crippen LogP contribution in [0, 0.1) is 0 Å². The van der Waals surface area contributed by atoms with Crippen molar-refractivity contribution in [2.24, 2.45) is 0 Å². The quantitative estimate of drug-likeness (QED) is 0.713. The van der Waals surface area contributed by atoms with Gasteiger partial charge in [-0.3, -0.25) is 9.59 Å². The fourth-order valence-corrected chi connectivity index (χ4v) is 2.45. The standard InChI is InChI=1S/C20H18N4O2/c1-14(25)15-7-6-8-16(11-15)23-20(26)18-12-19(22-13-21-18)24(2)17-9-4-3-5-10-17/h3-13H,1-2H3,(H,23,26). The van der Waals surface area contributed by atoms with Crippen LogP contribution in [0.15, 0.2) is 67.0 Å². The highest BCUT2D eigenvalue weighted by Crippen LogP contribution is 2.21. The first-order valence-corrected chi connectivity index (χ1v) is 8.08. The summed E-state index contributed by atoms with van der Waals surface area (Å²) in [5.41, 5.74) is 2.27. The van der Waals surface area contributed by atoms with Crippen LogP contribution in [0.1, 0.15) is 27.8 Å². The van der Waals surface area contributed by atoms with Crippen molar-refractivity contribution in [1.29, 1.82) is 0 Å². The molecule has 0 atom stereocenters. The largest absolute Gasteiger partial charge is 0.329 e. The maximum atomic E-state index is 12.5. The first-order valence-electron chi connectivity index (χ1n) is 8.08. The van der Waals surface area contributed by atoms with E-state index in [1.165, 1.54) is 13.3 Å². The second-order valence-electron chi connectivity index (χ2n) is 5.75. The number of aromatic nitrogens is 2. The molecule has 0 aliphatic rings. The zero-order chi connectivity index (χ0) is 18.5. The van der Waals surface area contributed by atoms with E-state index < -0.39 is 0 Å². The summed E-state index contributed by atoms with van der Waals surface area (Å²) in [7, 11) is 1.87. The van der Waals surface area contributed by atoms with E-state index in [2.05, 4.69) is 15.3 Å². The van der Waals surface area contributed by atoms with E-state index in [0.29, 0.717) is 17.1 Å². The van der Waals surface area contributed by atoms with E-state index in [0.717, 1.165) is 5.69 Å². The van der Waals surface area contributed by atoms with E-state index in [1.807, 2.05) is 42.3 Å². The van der Waals surface area contributed by atoms with Crippen molar-refractivity contribution in [3.63, 3.8) is 0 Å². The molecule has 130 valence electrons. The first-order chi connectivity index (χ1) is 12.5. The lowest BCUT2D eigenvalue weighted by molar-refractivity contribution is 0.100. The molecule has 6 heteroatoms. The van der Waals surface area contributed by atoms with Gasteiger partial charge >= 0.3 is 0 Å². The number of amides is 1. The number of nitrogens with one attached hydrogen (secondary N) is 1. The van der Waals surface area contributed by atoms with Crippen LogP contribution < -0.4 is 10.2 Å². The molecule has 0 aliphatic carbocycles. The van der Waals surface area contributed by atoms with Crippen molar-refractivity contribution in [1.82, 2.24) is 9.97 Å². The Morgan fingerprint density at radius 3 is 2.46 bits per heavy atom. The normalized spacial score (nSPS) is 10.2. The minimum atomic E-state index is -0.365. The lowest BCUT2D eigenvalue weighted by Crippen LogP contribution is -2.17. The highest BCUT2D eigenvalue weighted by Gasteiger charge is 2.12. The maximum Gasteiger partial charge on any atom is 0.274 e. The fourth-order valence-electron chi connectivity index (χ4n) is 2.45. The number of ketones is 1. The zero-order valence-corrected chi connectivity index (χ0v) is 14.5. The number of rotatable bonds is 5. The van der Waals surface area contributed by atoms with Gasteiger partial charge in [0.2, 0.25) is 0 Å². The van der Waals surface area contributed by atoms with Crippen LogP contribution in [0.4, 0.5) is 17.2 Å². The van der Waals surface area contributed by atoms with Gasteiger partial charge in [0.05, 0.1) is 0 Å². The lowest BCUT2D eigenvalue weighted by Gasteiger charge is -2.18. The van der Waals surface area contributed by atoms with Crippen LogP contribution in [0.25, 0.3) is 0 Å². The van der Waals surface area contributed by atoms with Crippen LogP contribution in [0.2, 0.25) is 0 Å². The summed E-state index contributed by atoms with van der Waals surface area (Å²) < 4.78 is 0. The predicted octanol–water partition coefficient (Wildman–Crippen LogP) is 3.70. The van der Waals surface area contributed by atoms with E-state index in [9.17, 15) is 9.59 Å². The number of hydrogen-bond acceptors (Lipinski definition) is 5. The van der Waals surface area contributed by atoms with Crippen molar-refractivity contribution in [3.05, 3.63) is 78.2 Å². The predicted molar refractivity (Wildman–Crippen MR) is 101 cm³/mol. The van der Waals surface area contributed by atoms with E-state index in [-0.39, 0.29) is 17.4 Å². The van der Waals surface area contributed by atoms with E-state index in [4.69, 9.17) is 0 Å². The van der Waals surface area contributed by atoms with Crippen molar-refractivity contribution in [3.8, 4) is 0 Å². The van der Waals surface area contributed by atoms with Gasteiger partial charge in [-0.2, -0.15) is 0 Å². The van der Waals surface area contributed by atoms with Crippen LogP contribution in [0.3, 0.4) is 0 Å². The Hall–Kier alpha value is -3.54. The second-order valence-corrected chi connectivity index (χ2v) is 5.75. The average Bonchev–Trinajstić information content (AvgIpc) is 2.68. The summed E-state index contributed by atoms with van der Waals surface area (Å²) in [6, 6.07) is 18.1. The Morgan fingerprint density at radius 1 is 0.962 bits per heavy atom. The number of carbonyl (C=O) groups is 2. The Labute approximate surface area is 151 Å².